The Morgan fingerprint density at radius 2 is 2.07 bits per heavy atom. The molecule has 30 heavy (non-hydrogen) atoms. The maximum Gasteiger partial charge on any atom is 0.237 e. The van der Waals surface area contributed by atoms with Gasteiger partial charge in [0, 0.05) is 31.1 Å². The van der Waals surface area contributed by atoms with Gasteiger partial charge in [-0.05, 0) is 26.3 Å². The molecule has 3 rings (SSSR count). The molecule has 1 saturated heterocycles. The Kier molecular flexibility index (Phi) is 7.76. The van der Waals surface area contributed by atoms with E-state index in [1.165, 1.54) is 5.57 Å². The van der Waals surface area contributed by atoms with E-state index in [2.05, 4.69) is 21.3 Å². The van der Waals surface area contributed by atoms with Gasteiger partial charge in [-0.1, -0.05) is 42.0 Å². The Morgan fingerprint density at radius 1 is 1.30 bits per heavy atom. The molecule has 0 spiro atoms. The summed E-state index contributed by atoms with van der Waals surface area (Å²) in [5.74, 6) is -0.0821. The monoisotopic (exact) mass is 426 g/mol. The predicted molar refractivity (Wildman–Crippen MR) is 120 cm³/mol. The molecule has 0 saturated carbocycles. The van der Waals surface area contributed by atoms with E-state index in [0.717, 1.165) is 22.7 Å². The van der Waals surface area contributed by atoms with Gasteiger partial charge in [0.05, 0.1) is 30.2 Å². The molecule has 0 bridgehead atoms. The van der Waals surface area contributed by atoms with Crippen LogP contribution in [-0.2, 0) is 22.7 Å². The van der Waals surface area contributed by atoms with E-state index in [0.29, 0.717) is 26.2 Å². The number of piperazine rings is 1. The van der Waals surface area contributed by atoms with Crippen molar-refractivity contribution < 1.29 is 9.59 Å². The van der Waals surface area contributed by atoms with E-state index in [1.54, 1.807) is 11.3 Å². The molecule has 0 aliphatic carbocycles. The first-order chi connectivity index (χ1) is 14.4. The van der Waals surface area contributed by atoms with Gasteiger partial charge in [0.15, 0.2) is 0 Å². The SMILES string of the molecule is CC(C)=CCN1CCNC(=O)C1CC(=O)N(Cc1ccccc1)Cc1scnc1C. The number of benzene rings is 1. The zero-order valence-corrected chi connectivity index (χ0v) is 18.7. The van der Waals surface area contributed by atoms with Gasteiger partial charge >= 0.3 is 0 Å². The molecule has 6 nitrogen and oxygen atoms in total. The lowest BCUT2D eigenvalue weighted by Gasteiger charge is -2.35. The molecule has 1 atom stereocenters. The molecule has 1 aromatic heterocycles. The highest BCUT2D eigenvalue weighted by molar-refractivity contribution is 7.09. The van der Waals surface area contributed by atoms with Gasteiger partial charge in [-0.25, -0.2) is 4.98 Å². The topological polar surface area (TPSA) is 65.5 Å². The third kappa shape index (κ3) is 6.00. The van der Waals surface area contributed by atoms with Crippen LogP contribution in [0.5, 0.6) is 0 Å². The Balaban J connectivity index is 1.77. The summed E-state index contributed by atoms with van der Waals surface area (Å²) in [6.45, 7) is 9.12. The molecule has 1 aliphatic heterocycles. The van der Waals surface area contributed by atoms with Crippen molar-refractivity contribution in [3.05, 3.63) is 63.6 Å². The summed E-state index contributed by atoms with van der Waals surface area (Å²) in [6, 6.07) is 9.53. The van der Waals surface area contributed by atoms with Crippen LogP contribution in [0.15, 0.2) is 47.5 Å². The molecule has 2 amide bonds. The van der Waals surface area contributed by atoms with Crippen molar-refractivity contribution in [2.45, 2.75) is 46.3 Å². The van der Waals surface area contributed by atoms with Crippen molar-refractivity contribution in [3.8, 4) is 0 Å². The zero-order valence-electron chi connectivity index (χ0n) is 17.9. The van der Waals surface area contributed by atoms with Gasteiger partial charge in [-0.3, -0.25) is 14.5 Å². The average Bonchev–Trinajstić information content (AvgIpc) is 3.13. The first-order valence-electron chi connectivity index (χ1n) is 10.3. The average molecular weight is 427 g/mol. The Labute approximate surface area is 182 Å². The number of carbonyl (C=O) groups excluding carboxylic acids is 2. The van der Waals surface area contributed by atoms with Gasteiger partial charge < -0.3 is 10.2 Å². The minimum absolute atomic E-state index is 0.0177. The van der Waals surface area contributed by atoms with Crippen molar-refractivity contribution in [2.24, 2.45) is 0 Å². The van der Waals surface area contributed by atoms with Crippen molar-refractivity contribution >= 4 is 23.2 Å². The minimum atomic E-state index is -0.442. The molecule has 0 radical (unpaired) electrons. The molecule has 2 heterocycles. The van der Waals surface area contributed by atoms with Crippen LogP contribution in [-0.4, -0.2) is 52.3 Å². The Morgan fingerprint density at radius 3 is 2.73 bits per heavy atom. The van der Waals surface area contributed by atoms with E-state index in [1.807, 2.05) is 61.5 Å². The van der Waals surface area contributed by atoms with E-state index >= 15 is 0 Å². The number of nitrogens with one attached hydrogen (secondary N) is 1. The summed E-state index contributed by atoms with van der Waals surface area (Å²) in [5, 5.41) is 2.92. The summed E-state index contributed by atoms with van der Waals surface area (Å²) in [7, 11) is 0. The zero-order chi connectivity index (χ0) is 21.5. The number of thiazole rings is 1. The number of hydrogen-bond acceptors (Lipinski definition) is 5. The first-order valence-corrected chi connectivity index (χ1v) is 11.2. The third-order valence-corrected chi connectivity index (χ3v) is 6.21. The van der Waals surface area contributed by atoms with Gasteiger partial charge in [0.1, 0.15) is 0 Å². The predicted octanol–water partition coefficient (Wildman–Crippen LogP) is 3.14. The van der Waals surface area contributed by atoms with Gasteiger partial charge in [-0.15, -0.1) is 11.3 Å². The fourth-order valence-electron chi connectivity index (χ4n) is 3.48. The molecule has 7 heteroatoms. The molecule has 1 fully saturated rings. The summed E-state index contributed by atoms with van der Waals surface area (Å²) in [4.78, 5) is 35.3. The van der Waals surface area contributed by atoms with Crippen LogP contribution in [0, 0.1) is 6.92 Å². The van der Waals surface area contributed by atoms with Crippen LogP contribution in [0.4, 0.5) is 0 Å². The quantitative estimate of drug-likeness (QED) is 0.659. The van der Waals surface area contributed by atoms with Crippen LogP contribution in [0.3, 0.4) is 0 Å². The van der Waals surface area contributed by atoms with Crippen LogP contribution >= 0.6 is 11.3 Å². The van der Waals surface area contributed by atoms with Crippen molar-refractivity contribution in [2.75, 3.05) is 19.6 Å². The fourth-order valence-corrected chi connectivity index (χ4v) is 4.28. The van der Waals surface area contributed by atoms with Crippen molar-refractivity contribution in [3.63, 3.8) is 0 Å². The van der Waals surface area contributed by atoms with Crippen molar-refractivity contribution in [1.29, 1.82) is 0 Å². The third-order valence-electron chi connectivity index (χ3n) is 5.29. The number of aryl methyl sites for hydroxylation is 1. The highest BCUT2D eigenvalue weighted by atomic mass is 32.1. The smallest absolute Gasteiger partial charge is 0.237 e. The Bertz CT molecular complexity index is 890. The summed E-state index contributed by atoms with van der Waals surface area (Å²) in [5.41, 5.74) is 5.04. The number of amides is 2. The van der Waals surface area contributed by atoms with Crippen molar-refractivity contribution in [1.82, 2.24) is 20.1 Å². The summed E-state index contributed by atoms with van der Waals surface area (Å²) in [6.07, 6.45) is 2.28. The van der Waals surface area contributed by atoms with Gasteiger partial charge in [0.25, 0.3) is 0 Å². The molecule has 1 aliphatic rings. The number of allylic oxidation sites excluding steroid dienone is 1. The molecular formula is C23H30N4O2S. The number of aromatic nitrogens is 1. The second-order valence-electron chi connectivity index (χ2n) is 7.88. The van der Waals surface area contributed by atoms with Crippen LogP contribution in [0.25, 0.3) is 0 Å². The molecule has 1 unspecified atom stereocenters. The minimum Gasteiger partial charge on any atom is -0.353 e. The maximum absolute atomic E-state index is 13.4. The van der Waals surface area contributed by atoms with E-state index < -0.39 is 6.04 Å². The molecule has 2 aromatic rings. The maximum atomic E-state index is 13.4. The standard InChI is InChI=1S/C23H30N4O2S/c1-17(2)9-11-26-12-10-24-23(29)20(26)13-22(28)27(14-19-7-5-4-6-8-19)15-21-18(3)25-16-30-21/h4-9,16,20H,10-15H2,1-3H3,(H,24,29). The normalized spacial score (nSPS) is 16.8. The lowest BCUT2D eigenvalue weighted by atomic mass is 10.1. The van der Waals surface area contributed by atoms with E-state index in [4.69, 9.17) is 0 Å². The number of carbonyl (C=O) groups is 2. The molecule has 160 valence electrons. The molecular weight excluding hydrogens is 396 g/mol. The Hall–Kier alpha value is -2.51. The highest BCUT2D eigenvalue weighted by Gasteiger charge is 2.32. The number of hydrogen-bond donors (Lipinski definition) is 1. The van der Waals surface area contributed by atoms with E-state index in [9.17, 15) is 9.59 Å². The first kappa shape index (κ1) is 22.2. The highest BCUT2D eigenvalue weighted by Crippen LogP contribution is 2.19. The molecule has 1 aromatic carbocycles. The second kappa shape index (κ2) is 10.5. The van der Waals surface area contributed by atoms with E-state index in [-0.39, 0.29) is 18.2 Å². The molecule has 1 N–H and O–H groups in total. The number of rotatable bonds is 8. The second-order valence-corrected chi connectivity index (χ2v) is 8.82. The van der Waals surface area contributed by atoms with Gasteiger partial charge in [-0.2, -0.15) is 0 Å². The summed E-state index contributed by atoms with van der Waals surface area (Å²) >= 11 is 1.56. The van der Waals surface area contributed by atoms with Crippen LogP contribution < -0.4 is 5.32 Å². The van der Waals surface area contributed by atoms with Crippen LogP contribution in [0.1, 0.15) is 36.4 Å². The fraction of sp³-hybridized carbons (Fsp3) is 0.435. The lowest BCUT2D eigenvalue weighted by molar-refractivity contribution is -0.139. The largest absolute Gasteiger partial charge is 0.353 e. The van der Waals surface area contributed by atoms with Gasteiger partial charge in [0.2, 0.25) is 11.8 Å². The van der Waals surface area contributed by atoms with Crippen LogP contribution in [0.2, 0.25) is 0 Å². The summed E-state index contributed by atoms with van der Waals surface area (Å²) < 4.78 is 0. The lowest BCUT2D eigenvalue weighted by Crippen LogP contribution is -2.56. The number of nitrogens with zero attached hydrogens (tertiary/aromatic N) is 3.